The van der Waals surface area contributed by atoms with Crippen molar-refractivity contribution in [3.63, 3.8) is 0 Å². The molecule has 0 aromatic carbocycles. The van der Waals surface area contributed by atoms with E-state index in [1.165, 1.54) is 35.4 Å². The average Bonchev–Trinajstić information content (AvgIpc) is 2.43. The van der Waals surface area contributed by atoms with E-state index < -0.39 is 0 Å². The zero-order chi connectivity index (χ0) is 9.80. The standard InChI is InChI=1S/C10H15BrN2S.ClH/c11-9-6-10(14-8-9)7-13-4-1-2-12-3-5-13;/h6,8,12H,1-5,7H2;1H. The summed E-state index contributed by atoms with van der Waals surface area (Å²) in [6.45, 7) is 5.81. The lowest BCUT2D eigenvalue weighted by molar-refractivity contribution is 0.287. The average molecular weight is 312 g/mol. The van der Waals surface area contributed by atoms with Gasteiger partial charge in [0.05, 0.1) is 0 Å². The number of nitrogens with zero attached hydrogens (tertiary/aromatic N) is 1. The van der Waals surface area contributed by atoms with Gasteiger partial charge in [0.1, 0.15) is 0 Å². The fraction of sp³-hybridized carbons (Fsp3) is 0.600. The molecule has 2 rings (SSSR count). The lowest BCUT2D eigenvalue weighted by Gasteiger charge is -2.17. The van der Waals surface area contributed by atoms with E-state index in [0.717, 1.165) is 13.1 Å². The molecule has 0 amide bonds. The summed E-state index contributed by atoms with van der Waals surface area (Å²) in [4.78, 5) is 3.98. The van der Waals surface area contributed by atoms with Gasteiger partial charge in [-0.2, -0.15) is 0 Å². The van der Waals surface area contributed by atoms with Crippen molar-refractivity contribution in [3.05, 3.63) is 20.8 Å². The van der Waals surface area contributed by atoms with Crippen LogP contribution in [-0.2, 0) is 6.54 Å². The van der Waals surface area contributed by atoms with E-state index in [1.54, 1.807) is 0 Å². The normalized spacial score (nSPS) is 18.2. The van der Waals surface area contributed by atoms with Crippen molar-refractivity contribution in [1.82, 2.24) is 10.2 Å². The van der Waals surface area contributed by atoms with Gasteiger partial charge < -0.3 is 5.32 Å². The highest BCUT2D eigenvalue weighted by molar-refractivity contribution is 9.10. The van der Waals surface area contributed by atoms with Crippen molar-refractivity contribution >= 4 is 39.7 Å². The van der Waals surface area contributed by atoms with Crippen LogP contribution in [-0.4, -0.2) is 31.1 Å². The second-order valence-corrected chi connectivity index (χ2v) is 5.52. The van der Waals surface area contributed by atoms with Gasteiger partial charge in [-0.3, -0.25) is 4.90 Å². The summed E-state index contributed by atoms with van der Waals surface area (Å²) in [6.07, 6.45) is 1.27. The molecule has 0 bridgehead atoms. The van der Waals surface area contributed by atoms with Gasteiger partial charge in [-0.1, -0.05) is 0 Å². The Morgan fingerprint density at radius 3 is 3.00 bits per heavy atom. The molecule has 0 aliphatic carbocycles. The molecule has 1 aliphatic rings. The molecule has 0 saturated carbocycles. The Morgan fingerprint density at radius 1 is 1.40 bits per heavy atom. The van der Waals surface area contributed by atoms with E-state index in [9.17, 15) is 0 Å². The lowest BCUT2D eigenvalue weighted by atomic mass is 10.3. The van der Waals surface area contributed by atoms with E-state index >= 15 is 0 Å². The summed E-state index contributed by atoms with van der Waals surface area (Å²) in [5.74, 6) is 0. The Kier molecular flexibility index (Phi) is 6.16. The first-order valence-corrected chi connectivity index (χ1v) is 6.68. The van der Waals surface area contributed by atoms with Crippen molar-refractivity contribution < 1.29 is 0 Å². The van der Waals surface area contributed by atoms with Crippen molar-refractivity contribution in [2.75, 3.05) is 26.2 Å². The molecule has 15 heavy (non-hydrogen) atoms. The van der Waals surface area contributed by atoms with Gasteiger partial charge in [-0.05, 0) is 41.5 Å². The minimum Gasteiger partial charge on any atom is -0.315 e. The predicted molar refractivity (Wildman–Crippen MR) is 72.0 cm³/mol. The van der Waals surface area contributed by atoms with Crippen LogP contribution < -0.4 is 5.32 Å². The highest BCUT2D eigenvalue weighted by Gasteiger charge is 2.09. The molecule has 2 heterocycles. The molecule has 1 N–H and O–H groups in total. The number of hydrogen-bond acceptors (Lipinski definition) is 3. The molecule has 2 nitrogen and oxygen atoms in total. The van der Waals surface area contributed by atoms with Crippen LogP contribution in [0.4, 0.5) is 0 Å². The fourth-order valence-electron chi connectivity index (χ4n) is 1.72. The molecule has 0 radical (unpaired) electrons. The Balaban J connectivity index is 0.00000112. The number of nitrogens with one attached hydrogen (secondary N) is 1. The van der Waals surface area contributed by atoms with Crippen LogP contribution in [0.5, 0.6) is 0 Å². The van der Waals surface area contributed by atoms with Crippen LogP contribution >= 0.6 is 39.7 Å². The number of hydrogen-bond donors (Lipinski definition) is 1. The quantitative estimate of drug-likeness (QED) is 0.903. The molecular formula is C10H16BrClN2S. The third-order valence-electron chi connectivity index (χ3n) is 2.43. The topological polar surface area (TPSA) is 15.3 Å². The van der Waals surface area contributed by atoms with Crippen molar-refractivity contribution in [3.8, 4) is 0 Å². The SMILES string of the molecule is Brc1csc(CN2CCCNCC2)c1.Cl. The highest BCUT2D eigenvalue weighted by Crippen LogP contribution is 2.21. The van der Waals surface area contributed by atoms with Gasteiger partial charge >= 0.3 is 0 Å². The first-order valence-electron chi connectivity index (χ1n) is 5.00. The minimum atomic E-state index is 0. The summed E-state index contributed by atoms with van der Waals surface area (Å²) in [6, 6.07) is 2.23. The van der Waals surface area contributed by atoms with Gasteiger partial charge in [0.25, 0.3) is 0 Å². The number of thiophene rings is 1. The van der Waals surface area contributed by atoms with E-state index in [0.29, 0.717) is 0 Å². The summed E-state index contributed by atoms with van der Waals surface area (Å²) in [7, 11) is 0. The van der Waals surface area contributed by atoms with Gasteiger partial charge in [0.15, 0.2) is 0 Å². The number of halogens is 2. The van der Waals surface area contributed by atoms with Crippen LogP contribution in [0.3, 0.4) is 0 Å². The lowest BCUT2D eigenvalue weighted by Crippen LogP contribution is -2.27. The third kappa shape index (κ3) is 4.41. The van der Waals surface area contributed by atoms with Crippen molar-refractivity contribution in [1.29, 1.82) is 0 Å². The second kappa shape index (κ2) is 6.86. The Labute approximate surface area is 110 Å². The summed E-state index contributed by atoms with van der Waals surface area (Å²) < 4.78 is 1.21. The highest BCUT2D eigenvalue weighted by atomic mass is 79.9. The smallest absolute Gasteiger partial charge is 0.0328 e. The molecule has 1 saturated heterocycles. The van der Waals surface area contributed by atoms with Gasteiger partial charge in [-0.25, -0.2) is 0 Å². The Morgan fingerprint density at radius 2 is 2.27 bits per heavy atom. The fourth-order valence-corrected chi connectivity index (χ4v) is 3.21. The maximum Gasteiger partial charge on any atom is 0.0328 e. The molecule has 0 spiro atoms. The molecule has 86 valence electrons. The first-order chi connectivity index (χ1) is 6.84. The molecule has 0 unspecified atom stereocenters. The minimum absolute atomic E-state index is 0. The molecule has 1 aromatic rings. The maximum absolute atomic E-state index is 3.49. The molecule has 0 atom stereocenters. The Hall–Kier alpha value is 0.390. The van der Waals surface area contributed by atoms with E-state index in [4.69, 9.17) is 0 Å². The Bertz CT molecular complexity index is 285. The van der Waals surface area contributed by atoms with Crippen LogP contribution in [0.25, 0.3) is 0 Å². The molecule has 5 heteroatoms. The monoisotopic (exact) mass is 310 g/mol. The van der Waals surface area contributed by atoms with Crippen LogP contribution in [0.2, 0.25) is 0 Å². The third-order valence-corrected chi connectivity index (χ3v) is 4.12. The van der Waals surface area contributed by atoms with Gasteiger partial charge in [0.2, 0.25) is 0 Å². The largest absolute Gasteiger partial charge is 0.315 e. The van der Waals surface area contributed by atoms with E-state index in [-0.39, 0.29) is 12.4 Å². The number of rotatable bonds is 2. The summed E-state index contributed by atoms with van der Waals surface area (Å²) >= 11 is 5.33. The van der Waals surface area contributed by atoms with Crippen molar-refractivity contribution in [2.45, 2.75) is 13.0 Å². The first kappa shape index (κ1) is 13.5. The van der Waals surface area contributed by atoms with E-state index in [2.05, 4.69) is 37.6 Å². The van der Waals surface area contributed by atoms with Crippen LogP contribution in [0.15, 0.2) is 15.9 Å². The molecular weight excluding hydrogens is 296 g/mol. The summed E-state index contributed by atoms with van der Waals surface area (Å²) in [5.41, 5.74) is 0. The van der Waals surface area contributed by atoms with Crippen molar-refractivity contribution in [2.24, 2.45) is 0 Å². The van der Waals surface area contributed by atoms with E-state index in [1.807, 2.05) is 11.3 Å². The zero-order valence-electron chi connectivity index (χ0n) is 8.54. The molecule has 1 aromatic heterocycles. The van der Waals surface area contributed by atoms with Gasteiger partial charge in [0, 0.05) is 34.4 Å². The summed E-state index contributed by atoms with van der Waals surface area (Å²) in [5, 5.41) is 5.58. The van der Waals surface area contributed by atoms with Crippen LogP contribution in [0, 0.1) is 0 Å². The predicted octanol–water partition coefficient (Wildman–Crippen LogP) is 2.73. The van der Waals surface area contributed by atoms with Gasteiger partial charge in [-0.15, -0.1) is 23.7 Å². The second-order valence-electron chi connectivity index (χ2n) is 3.61. The molecule has 1 aliphatic heterocycles. The zero-order valence-corrected chi connectivity index (χ0v) is 11.8. The maximum atomic E-state index is 3.49. The molecule has 1 fully saturated rings. The van der Waals surface area contributed by atoms with Crippen LogP contribution in [0.1, 0.15) is 11.3 Å².